The summed E-state index contributed by atoms with van der Waals surface area (Å²) in [5.74, 6) is -0.0340. The number of carbonyl (C=O) groups is 2. The second-order valence-electron chi connectivity index (χ2n) is 10.7. The Balaban J connectivity index is 1.82. The second kappa shape index (κ2) is 10.2. The van der Waals surface area contributed by atoms with Crippen molar-refractivity contribution in [3.05, 3.63) is 12.8 Å². The van der Waals surface area contributed by atoms with Crippen molar-refractivity contribution in [3.8, 4) is 0 Å². The van der Waals surface area contributed by atoms with E-state index in [-0.39, 0.29) is 23.0 Å². The molecule has 2 fully saturated rings. The molecule has 0 aromatic heterocycles. The van der Waals surface area contributed by atoms with Gasteiger partial charge in [-0.1, -0.05) is 71.3 Å². The first-order valence-electron chi connectivity index (χ1n) is 12.2. The molecule has 5 nitrogen and oxygen atoms in total. The third kappa shape index (κ3) is 5.59. The Morgan fingerprint density at radius 3 is 1.80 bits per heavy atom. The minimum atomic E-state index is -0.790. The van der Waals surface area contributed by atoms with E-state index in [0.29, 0.717) is 19.4 Å². The van der Waals surface area contributed by atoms with E-state index in [2.05, 4.69) is 51.4 Å². The lowest BCUT2D eigenvalue weighted by Gasteiger charge is -2.57. The lowest BCUT2D eigenvalue weighted by molar-refractivity contribution is -0.138. The maximum Gasteiger partial charge on any atom is 0.325 e. The smallest absolute Gasteiger partial charge is 0.325 e. The van der Waals surface area contributed by atoms with Gasteiger partial charge in [-0.05, 0) is 40.3 Å². The highest BCUT2D eigenvalue weighted by atomic mass is 16.2. The molecule has 2 heterocycles. The summed E-state index contributed by atoms with van der Waals surface area (Å²) >= 11 is 0. The first-order chi connectivity index (χ1) is 14.1. The van der Waals surface area contributed by atoms with Crippen molar-refractivity contribution in [2.45, 2.75) is 128 Å². The number of likely N-dealkylation sites (tertiary alicyclic amines) is 1. The van der Waals surface area contributed by atoms with Crippen LogP contribution in [0.1, 0.15) is 112 Å². The standard InChI is InChI=1S/C25H45N3O2/c1-7-9-10-11-12-13-14-15-16-17-18-27-21(29)25(26-22(27)30)19-23(3,4)28(8-2)24(5,6)20-25/h8H,2,7,9-20H2,1,3-6H3,(H,26,30). The van der Waals surface area contributed by atoms with Crippen molar-refractivity contribution in [2.24, 2.45) is 0 Å². The van der Waals surface area contributed by atoms with Gasteiger partial charge in [-0.3, -0.25) is 9.69 Å². The fraction of sp³-hybridized carbons (Fsp3) is 0.840. The quantitative estimate of drug-likeness (QED) is 0.312. The summed E-state index contributed by atoms with van der Waals surface area (Å²) in [5, 5.41) is 3.09. The molecule has 0 bridgehead atoms. The topological polar surface area (TPSA) is 52.7 Å². The molecule has 1 spiro atoms. The molecule has 3 amide bonds. The number of hydrogen-bond acceptors (Lipinski definition) is 3. The zero-order chi connectivity index (χ0) is 22.4. The Morgan fingerprint density at radius 1 is 0.867 bits per heavy atom. The van der Waals surface area contributed by atoms with Gasteiger partial charge >= 0.3 is 6.03 Å². The molecule has 0 radical (unpaired) electrons. The fourth-order valence-corrected chi connectivity index (χ4v) is 5.90. The van der Waals surface area contributed by atoms with E-state index in [1.807, 2.05) is 6.20 Å². The molecular formula is C25H45N3O2. The minimum Gasteiger partial charge on any atom is -0.368 e. The molecule has 0 saturated carbocycles. The van der Waals surface area contributed by atoms with Gasteiger partial charge in [0.05, 0.1) is 0 Å². The number of nitrogens with one attached hydrogen (secondary N) is 1. The zero-order valence-electron chi connectivity index (χ0n) is 20.2. The molecular weight excluding hydrogens is 374 g/mol. The predicted octanol–water partition coefficient (Wildman–Crippen LogP) is 5.99. The van der Waals surface area contributed by atoms with Crippen LogP contribution in [-0.2, 0) is 4.79 Å². The van der Waals surface area contributed by atoms with Gasteiger partial charge in [0, 0.05) is 30.5 Å². The number of piperidine rings is 1. The molecule has 172 valence electrons. The van der Waals surface area contributed by atoms with Crippen LogP contribution in [0.5, 0.6) is 0 Å². The number of urea groups is 1. The third-order valence-corrected chi connectivity index (χ3v) is 6.94. The summed E-state index contributed by atoms with van der Waals surface area (Å²) in [6.45, 7) is 15.3. The Kier molecular flexibility index (Phi) is 8.41. The Labute approximate surface area is 184 Å². The van der Waals surface area contributed by atoms with E-state index in [0.717, 1.165) is 12.8 Å². The second-order valence-corrected chi connectivity index (χ2v) is 10.7. The van der Waals surface area contributed by atoms with Gasteiger partial charge in [0.25, 0.3) is 5.91 Å². The lowest BCUT2D eigenvalue weighted by atomic mass is 9.69. The molecule has 2 aliphatic heterocycles. The SMILES string of the molecule is C=CN1C(C)(C)CC2(CC1(C)C)NC(=O)N(CCCCCCCCCCCC)C2=O. The van der Waals surface area contributed by atoms with Crippen LogP contribution in [0.4, 0.5) is 4.79 Å². The zero-order valence-corrected chi connectivity index (χ0v) is 20.2. The van der Waals surface area contributed by atoms with Gasteiger partial charge in [-0.15, -0.1) is 0 Å². The van der Waals surface area contributed by atoms with Crippen LogP contribution in [0.2, 0.25) is 0 Å². The fourth-order valence-electron chi connectivity index (χ4n) is 5.90. The summed E-state index contributed by atoms with van der Waals surface area (Å²) in [4.78, 5) is 29.7. The highest BCUT2D eigenvalue weighted by Crippen LogP contribution is 2.46. The molecule has 5 heteroatoms. The predicted molar refractivity (Wildman–Crippen MR) is 124 cm³/mol. The molecule has 2 aliphatic rings. The molecule has 0 aromatic rings. The van der Waals surface area contributed by atoms with Crippen LogP contribution < -0.4 is 5.32 Å². The van der Waals surface area contributed by atoms with Crippen LogP contribution in [0.3, 0.4) is 0 Å². The summed E-state index contributed by atoms with van der Waals surface area (Å²) in [5.41, 5.74) is -1.29. The Hall–Kier alpha value is -1.52. The number of unbranched alkanes of at least 4 members (excludes halogenated alkanes) is 9. The average Bonchev–Trinajstić information content (AvgIpc) is 2.84. The monoisotopic (exact) mass is 419 g/mol. The lowest BCUT2D eigenvalue weighted by Crippen LogP contribution is -2.68. The van der Waals surface area contributed by atoms with Crippen molar-refractivity contribution >= 4 is 11.9 Å². The maximum atomic E-state index is 13.4. The van der Waals surface area contributed by atoms with Gasteiger partial charge in [0.2, 0.25) is 0 Å². The van der Waals surface area contributed by atoms with Gasteiger partial charge in [-0.25, -0.2) is 4.79 Å². The Bertz CT molecular complexity index is 594. The molecule has 0 aliphatic carbocycles. The van der Waals surface area contributed by atoms with E-state index in [1.165, 1.54) is 56.3 Å². The third-order valence-electron chi connectivity index (χ3n) is 6.94. The van der Waals surface area contributed by atoms with Crippen LogP contribution in [0.15, 0.2) is 12.8 Å². The molecule has 0 unspecified atom stereocenters. The van der Waals surface area contributed by atoms with Crippen LogP contribution in [-0.4, -0.2) is 44.9 Å². The summed E-state index contributed by atoms with van der Waals surface area (Å²) in [6, 6.07) is -0.213. The highest BCUT2D eigenvalue weighted by molar-refractivity contribution is 6.07. The number of rotatable bonds is 12. The summed E-state index contributed by atoms with van der Waals surface area (Å²) < 4.78 is 0. The number of carbonyl (C=O) groups excluding carboxylic acids is 2. The Morgan fingerprint density at radius 2 is 1.33 bits per heavy atom. The highest BCUT2D eigenvalue weighted by Gasteiger charge is 2.60. The van der Waals surface area contributed by atoms with E-state index in [4.69, 9.17) is 0 Å². The molecule has 2 saturated heterocycles. The van der Waals surface area contributed by atoms with Crippen LogP contribution in [0.25, 0.3) is 0 Å². The largest absolute Gasteiger partial charge is 0.368 e. The number of nitrogens with zero attached hydrogens (tertiary/aromatic N) is 2. The van der Waals surface area contributed by atoms with Crippen molar-refractivity contribution in [1.29, 1.82) is 0 Å². The molecule has 1 N–H and O–H groups in total. The maximum absolute atomic E-state index is 13.4. The van der Waals surface area contributed by atoms with Crippen molar-refractivity contribution < 1.29 is 9.59 Å². The molecule has 30 heavy (non-hydrogen) atoms. The molecule has 2 rings (SSSR count). The van der Waals surface area contributed by atoms with E-state index in [9.17, 15) is 9.59 Å². The van der Waals surface area contributed by atoms with Crippen molar-refractivity contribution in [1.82, 2.24) is 15.1 Å². The van der Waals surface area contributed by atoms with E-state index >= 15 is 0 Å². The minimum absolute atomic E-state index is 0.0340. The summed E-state index contributed by atoms with van der Waals surface area (Å²) in [7, 11) is 0. The van der Waals surface area contributed by atoms with Crippen molar-refractivity contribution in [3.63, 3.8) is 0 Å². The van der Waals surface area contributed by atoms with Crippen LogP contribution >= 0.6 is 0 Å². The van der Waals surface area contributed by atoms with Crippen molar-refractivity contribution in [2.75, 3.05) is 6.54 Å². The molecule has 0 aromatic carbocycles. The normalized spacial score (nSPS) is 21.9. The van der Waals surface area contributed by atoms with Gasteiger partial charge in [0.15, 0.2) is 0 Å². The first-order valence-corrected chi connectivity index (χ1v) is 12.2. The summed E-state index contributed by atoms with van der Waals surface area (Å²) in [6.07, 6.45) is 15.5. The van der Waals surface area contributed by atoms with Gasteiger partial charge in [-0.2, -0.15) is 0 Å². The first kappa shape index (κ1) is 24.7. The van der Waals surface area contributed by atoms with E-state index < -0.39 is 5.54 Å². The molecule has 0 atom stereocenters. The number of imide groups is 1. The van der Waals surface area contributed by atoms with E-state index in [1.54, 1.807) is 0 Å². The van der Waals surface area contributed by atoms with Gasteiger partial charge < -0.3 is 10.2 Å². The van der Waals surface area contributed by atoms with Gasteiger partial charge in [0.1, 0.15) is 5.54 Å². The number of hydrogen-bond donors (Lipinski definition) is 1. The van der Waals surface area contributed by atoms with Crippen LogP contribution in [0, 0.1) is 0 Å². The number of amides is 3. The average molecular weight is 420 g/mol.